The summed E-state index contributed by atoms with van der Waals surface area (Å²) < 4.78 is 5.96. The molecule has 4 nitrogen and oxygen atoms in total. The lowest BCUT2D eigenvalue weighted by Gasteiger charge is -2.55. The van der Waals surface area contributed by atoms with Gasteiger partial charge in [-0.25, -0.2) is 4.79 Å². The topological polar surface area (TPSA) is 32.8 Å². The molecule has 2 aliphatic rings. The fraction of sp³-hybridized carbons (Fsp3) is 0.406. The normalized spacial score (nSPS) is 22.2. The lowest BCUT2D eigenvalue weighted by atomic mass is 9.74. The molecule has 2 saturated heterocycles. The Hall–Kier alpha value is -2.76. The summed E-state index contributed by atoms with van der Waals surface area (Å²) in [6, 6.07) is 32.7. The van der Waals surface area contributed by atoms with Crippen molar-refractivity contribution in [3.05, 3.63) is 108 Å². The highest BCUT2D eigenvalue weighted by atomic mass is 32.2. The second-order valence-corrected chi connectivity index (χ2v) is 12.3. The number of ether oxygens (including phenoxy) is 1. The molecular weight excluding hydrogens is 476 g/mol. The zero-order valence-corrected chi connectivity index (χ0v) is 23.2. The Kier molecular flexibility index (Phi) is 7.12. The van der Waals surface area contributed by atoms with Gasteiger partial charge in [0.1, 0.15) is 5.60 Å². The quantitative estimate of drug-likeness (QED) is 0.339. The molecule has 0 spiro atoms. The second-order valence-electron chi connectivity index (χ2n) is 11.4. The van der Waals surface area contributed by atoms with Crippen LogP contribution in [0.5, 0.6) is 0 Å². The highest BCUT2D eigenvalue weighted by Crippen LogP contribution is 2.49. The van der Waals surface area contributed by atoms with Crippen LogP contribution in [0.15, 0.2) is 91.0 Å². The first-order valence-corrected chi connectivity index (χ1v) is 14.6. The van der Waals surface area contributed by atoms with Crippen molar-refractivity contribution in [3.8, 4) is 0 Å². The monoisotopic (exact) mass is 514 g/mol. The van der Waals surface area contributed by atoms with E-state index in [0.717, 1.165) is 31.7 Å². The minimum Gasteiger partial charge on any atom is -0.444 e. The molecular formula is C32H38N2O2S. The van der Waals surface area contributed by atoms with E-state index in [1.54, 1.807) is 0 Å². The van der Waals surface area contributed by atoms with E-state index in [2.05, 4.69) is 107 Å². The summed E-state index contributed by atoms with van der Waals surface area (Å²) in [4.78, 5) is 18.4. The second kappa shape index (κ2) is 10.2. The summed E-state index contributed by atoms with van der Waals surface area (Å²) >= 11 is 1.82. The summed E-state index contributed by atoms with van der Waals surface area (Å²) in [6.07, 6.45) is 3.95. The van der Waals surface area contributed by atoms with Gasteiger partial charge in [-0.3, -0.25) is 9.80 Å². The van der Waals surface area contributed by atoms with Gasteiger partial charge in [-0.2, -0.15) is 11.8 Å². The number of carbonyl (C=O) groups is 1. The summed E-state index contributed by atoms with van der Waals surface area (Å²) in [7, 11) is 0. The zero-order chi connectivity index (χ0) is 26.1. The first-order chi connectivity index (χ1) is 17.8. The molecule has 0 unspecified atom stereocenters. The molecule has 2 aliphatic heterocycles. The number of hydrogen-bond acceptors (Lipinski definition) is 4. The minimum absolute atomic E-state index is 0.103. The fourth-order valence-electron chi connectivity index (χ4n) is 6.53. The summed E-state index contributed by atoms with van der Waals surface area (Å²) in [6.45, 7) is 7.43. The van der Waals surface area contributed by atoms with Crippen molar-refractivity contribution < 1.29 is 9.53 Å². The summed E-state index contributed by atoms with van der Waals surface area (Å²) in [5.74, 6) is 0.883. The van der Waals surface area contributed by atoms with Gasteiger partial charge < -0.3 is 4.74 Å². The van der Waals surface area contributed by atoms with Crippen molar-refractivity contribution in [2.24, 2.45) is 0 Å². The van der Waals surface area contributed by atoms with Gasteiger partial charge in [0.25, 0.3) is 0 Å². The van der Waals surface area contributed by atoms with Gasteiger partial charge in [0.05, 0.1) is 11.1 Å². The maximum atomic E-state index is 13.6. The number of rotatable bonds is 6. The van der Waals surface area contributed by atoms with Gasteiger partial charge >= 0.3 is 6.09 Å². The van der Waals surface area contributed by atoms with Gasteiger partial charge in [-0.15, -0.1) is 0 Å². The molecule has 194 valence electrons. The molecule has 0 aromatic heterocycles. The Morgan fingerprint density at radius 2 is 1.38 bits per heavy atom. The number of benzene rings is 3. The summed E-state index contributed by atoms with van der Waals surface area (Å²) in [5.41, 5.74) is 2.46. The number of nitrogens with zero attached hydrogens (tertiary/aromatic N) is 2. The van der Waals surface area contributed by atoms with E-state index >= 15 is 0 Å². The van der Waals surface area contributed by atoms with Crippen LogP contribution in [0.4, 0.5) is 4.79 Å². The number of thioether (sulfide) groups is 1. The maximum Gasteiger partial charge on any atom is 0.411 e. The van der Waals surface area contributed by atoms with Gasteiger partial charge in [0, 0.05) is 24.9 Å². The van der Waals surface area contributed by atoms with Crippen LogP contribution in [0.3, 0.4) is 0 Å². The molecule has 2 fully saturated rings. The Bertz CT molecular complexity index is 1100. The third-order valence-corrected chi connectivity index (χ3v) is 8.61. The minimum atomic E-state index is -0.518. The van der Waals surface area contributed by atoms with E-state index in [1.807, 2.05) is 32.5 Å². The van der Waals surface area contributed by atoms with Crippen LogP contribution in [0.2, 0.25) is 0 Å². The predicted octanol–water partition coefficient (Wildman–Crippen LogP) is 6.80. The molecule has 0 aliphatic carbocycles. The average Bonchev–Trinajstić information content (AvgIpc) is 3.12. The molecule has 5 rings (SSSR count). The zero-order valence-electron chi connectivity index (χ0n) is 22.4. The molecule has 2 heterocycles. The van der Waals surface area contributed by atoms with Gasteiger partial charge in [-0.1, -0.05) is 91.0 Å². The van der Waals surface area contributed by atoms with Crippen LogP contribution in [0, 0.1) is 0 Å². The smallest absolute Gasteiger partial charge is 0.411 e. The maximum absolute atomic E-state index is 13.6. The number of amides is 1. The summed E-state index contributed by atoms with van der Waals surface area (Å²) in [5, 5.41) is 0. The van der Waals surface area contributed by atoms with Crippen LogP contribution in [0.25, 0.3) is 0 Å². The first kappa shape index (κ1) is 25.9. The molecule has 5 heteroatoms. The van der Waals surface area contributed by atoms with Crippen molar-refractivity contribution >= 4 is 17.9 Å². The van der Waals surface area contributed by atoms with E-state index in [0.29, 0.717) is 0 Å². The first-order valence-electron chi connectivity index (χ1n) is 13.2. The lowest BCUT2D eigenvalue weighted by Crippen LogP contribution is -2.68. The number of likely N-dealkylation sites (tertiary alicyclic amines) is 1. The molecule has 3 aromatic carbocycles. The molecule has 0 saturated carbocycles. The van der Waals surface area contributed by atoms with Gasteiger partial charge in [0.2, 0.25) is 0 Å². The Balaban J connectivity index is 1.68. The van der Waals surface area contributed by atoms with Crippen LogP contribution >= 0.6 is 11.8 Å². The van der Waals surface area contributed by atoms with Crippen LogP contribution < -0.4 is 0 Å². The van der Waals surface area contributed by atoms with Gasteiger partial charge in [0.15, 0.2) is 0 Å². The Morgan fingerprint density at radius 1 is 0.892 bits per heavy atom. The number of piperazine rings is 1. The van der Waals surface area contributed by atoms with Crippen molar-refractivity contribution in [1.29, 1.82) is 0 Å². The van der Waals surface area contributed by atoms with Crippen molar-refractivity contribution in [2.75, 3.05) is 25.1 Å². The lowest BCUT2D eigenvalue weighted by molar-refractivity contribution is -0.0418. The molecule has 2 bridgehead atoms. The SMILES string of the molecule is CSC[C@@]12CC[C@@H](CN(C(c3ccccc3)(c3ccccc3)c3ccccc3)C1)N2C(=O)OC(C)(C)C. The highest BCUT2D eigenvalue weighted by molar-refractivity contribution is 7.98. The Morgan fingerprint density at radius 3 is 1.81 bits per heavy atom. The fourth-order valence-corrected chi connectivity index (χ4v) is 7.44. The van der Waals surface area contributed by atoms with Crippen molar-refractivity contribution in [3.63, 3.8) is 0 Å². The standard InChI is InChI=1S/C32H38N2O2S/c1-30(2,3)36-29(35)34-28-20-21-31(34,24-37-4)23-33(22-28)32(25-14-8-5-9-15-25,26-16-10-6-11-17-26)27-18-12-7-13-19-27/h5-19,28H,20-24H2,1-4H3/t28-,31+/m0/s1. The average molecular weight is 515 g/mol. The molecule has 1 amide bonds. The number of fused-ring (bicyclic) bond motifs is 2. The van der Waals surface area contributed by atoms with E-state index in [1.165, 1.54) is 16.7 Å². The Labute approximate surface area is 226 Å². The van der Waals surface area contributed by atoms with Gasteiger partial charge in [-0.05, 0) is 56.6 Å². The molecule has 0 N–H and O–H groups in total. The molecule has 3 aromatic rings. The third kappa shape index (κ3) is 4.68. The van der Waals surface area contributed by atoms with E-state index in [4.69, 9.17) is 4.74 Å². The van der Waals surface area contributed by atoms with E-state index in [-0.39, 0.29) is 17.7 Å². The molecule has 37 heavy (non-hydrogen) atoms. The highest BCUT2D eigenvalue weighted by Gasteiger charge is 2.58. The molecule has 0 radical (unpaired) electrons. The molecule has 2 atom stereocenters. The number of carbonyl (C=O) groups excluding carboxylic acids is 1. The van der Waals surface area contributed by atoms with E-state index < -0.39 is 11.1 Å². The van der Waals surface area contributed by atoms with Crippen LogP contribution in [-0.4, -0.2) is 58.2 Å². The van der Waals surface area contributed by atoms with Crippen LogP contribution in [-0.2, 0) is 10.3 Å². The third-order valence-electron chi connectivity index (χ3n) is 7.79. The van der Waals surface area contributed by atoms with Crippen LogP contribution in [0.1, 0.15) is 50.3 Å². The predicted molar refractivity (Wildman–Crippen MR) is 153 cm³/mol. The van der Waals surface area contributed by atoms with Crippen molar-refractivity contribution in [1.82, 2.24) is 9.80 Å². The number of hydrogen-bond donors (Lipinski definition) is 0. The van der Waals surface area contributed by atoms with Crippen molar-refractivity contribution in [2.45, 2.75) is 56.3 Å². The van der Waals surface area contributed by atoms with E-state index in [9.17, 15) is 4.79 Å². The largest absolute Gasteiger partial charge is 0.444 e.